The SMILES string of the molecule is CC(C)(C)C(=O)OC[Si]. The van der Waals surface area contributed by atoms with Gasteiger partial charge < -0.3 is 4.74 Å². The molecule has 0 atom stereocenters. The zero-order valence-electron chi connectivity index (χ0n) is 6.02. The van der Waals surface area contributed by atoms with E-state index in [4.69, 9.17) is 0 Å². The molecule has 0 unspecified atom stereocenters. The van der Waals surface area contributed by atoms with Gasteiger partial charge in [0, 0.05) is 0 Å². The van der Waals surface area contributed by atoms with Crippen LogP contribution in [0.3, 0.4) is 0 Å². The molecule has 2 nitrogen and oxygen atoms in total. The summed E-state index contributed by atoms with van der Waals surface area (Å²) in [4.78, 5) is 10.8. The van der Waals surface area contributed by atoms with Crippen molar-refractivity contribution in [3.63, 3.8) is 0 Å². The van der Waals surface area contributed by atoms with E-state index < -0.39 is 0 Å². The van der Waals surface area contributed by atoms with E-state index in [-0.39, 0.29) is 17.6 Å². The summed E-state index contributed by atoms with van der Waals surface area (Å²) in [5.41, 5.74) is -0.382. The van der Waals surface area contributed by atoms with Crippen molar-refractivity contribution in [2.75, 3.05) is 6.23 Å². The molecule has 0 aliphatic heterocycles. The second kappa shape index (κ2) is 3.01. The van der Waals surface area contributed by atoms with Gasteiger partial charge in [-0.15, -0.1) is 0 Å². The van der Waals surface area contributed by atoms with Crippen molar-refractivity contribution in [3.05, 3.63) is 0 Å². The summed E-state index contributed by atoms with van der Waals surface area (Å²) in [5, 5.41) is 0. The highest BCUT2D eigenvalue weighted by atomic mass is 28.1. The van der Waals surface area contributed by atoms with Gasteiger partial charge >= 0.3 is 5.97 Å². The molecule has 0 spiro atoms. The average molecular weight is 143 g/mol. The Morgan fingerprint density at radius 2 is 2.00 bits per heavy atom. The number of rotatable bonds is 1. The molecule has 0 saturated carbocycles. The second-order valence-electron chi connectivity index (χ2n) is 2.83. The van der Waals surface area contributed by atoms with E-state index >= 15 is 0 Å². The van der Waals surface area contributed by atoms with Crippen LogP contribution >= 0.6 is 0 Å². The Balaban J connectivity index is 3.74. The number of ether oxygens (including phenoxy) is 1. The fraction of sp³-hybridized carbons (Fsp3) is 0.833. The third kappa shape index (κ3) is 3.29. The van der Waals surface area contributed by atoms with Crippen LogP contribution in [0.15, 0.2) is 0 Å². The minimum Gasteiger partial charge on any atom is -0.470 e. The van der Waals surface area contributed by atoms with Crippen LogP contribution in [0.4, 0.5) is 0 Å². The number of carbonyl (C=O) groups is 1. The summed E-state index contributed by atoms with van der Waals surface area (Å²) >= 11 is 0. The van der Waals surface area contributed by atoms with Crippen LogP contribution in [0.1, 0.15) is 20.8 Å². The van der Waals surface area contributed by atoms with Crippen molar-refractivity contribution in [2.24, 2.45) is 5.41 Å². The molecule has 3 heteroatoms. The number of carbonyl (C=O) groups excluding carboxylic acids is 1. The van der Waals surface area contributed by atoms with Crippen molar-refractivity contribution in [3.8, 4) is 0 Å². The lowest BCUT2D eigenvalue weighted by molar-refractivity contribution is -0.150. The highest BCUT2D eigenvalue weighted by Crippen LogP contribution is 2.14. The van der Waals surface area contributed by atoms with Crippen LogP contribution in [0.5, 0.6) is 0 Å². The van der Waals surface area contributed by atoms with Crippen LogP contribution < -0.4 is 0 Å². The highest BCUT2D eigenvalue weighted by Gasteiger charge is 2.21. The van der Waals surface area contributed by atoms with Gasteiger partial charge in [-0.1, -0.05) is 0 Å². The third-order valence-corrected chi connectivity index (χ3v) is 0.960. The van der Waals surface area contributed by atoms with E-state index in [1.165, 1.54) is 0 Å². The van der Waals surface area contributed by atoms with Gasteiger partial charge in [-0.25, -0.2) is 0 Å². The smallest absolute Gasteiger partial charge is 0.310 e. The lowest BCUT2D eigenvalue weighted by Crippen LogP contribution is -2.23. The lowest BCUT2D eigenvalue weighted by Gasteiger charge is -2.14. The van der Waals surface area contributed by atoms with Gasteiger partial charge in [0.15, 0.2) is 0 Å². The Bertz CT molecular complexity index is 104. The molecular formula is C6H11O2Si. The van der Waals surface area contributed by atoms with Crippen molar-refractivity contribution in [1.29, 1.82) is 0 Å². The predicted octanol–water partition coefficient (Wildman–Crippen LogP) is 0.702. The number of hydrogen-bond acceptors (Lipinski definition) is 2. The largest absolute Gasteiger partial charge is 0.470 e. The van der Waals surface area contributed by atoms with E-state index in [0.717, 1.165) is 0 Å². The van der Waals surface area contributed by atoms with E-state index in [1.807, 2.05) is 20.8 Å². The summed E-state index contributed by atoms with van der Waals surface area (Å²) in [6.45, 7) is 5.45. The molecule has 0 N–H and O–H groups in total. The molecule has 0 aromatic rings. The molecule has 0 heterocycles. The van der Waals surface area contributed by atoms with Gasteiger partial charge in [0.25, 0.3) is 0 Å². The fourth-order valence-corrected chi connectivity index (χ4v) is 0.413. The van der Waals surface area contributed by atoms with E-state index in [1.54, 1.807) is 0 Å². The second-order valence-corrected chi connectivity index (χ2v) is 3.11. The Kier molecular flexibility index (Phi) is 2.90. The van der Waals surface area contributed by atoms with Gasteiger partial charge in [-0.05, 0) is 20.8 Å². The fourth-order valence-electron chi connectivity index (χ4n) is 0.282. The molecule has 0 bridgehead atoms. The van der Waals surface area contributed by atoms with Crippen molar-refractivity contribution < 1.29 is 9.53 Å². The molecule has 0 rings (SSSR count). The lowest BCUT2D eigenvalue weighted by atomic mass is 9.98. The maximum atomic E-state index is 10.8. The van der Waals surface area contributed by atoms with Gasteiger partial charge in [0.05, 0.1) is 21.9 Å². The van der Waals surface area contributed by atoms with Crippen LogP contribution in [-0.2, 0) is 9.53 Å². The minimum atomic E-state index is -0.382. The van der Waals surface area contributed by atoms with Crippen molar-refractivity contribution >= 4 is 16.2 Å². The molecule has 9 heavy (non-hydrogen) atoms. The molecule has 0 aromatic carbocycles. The van der Waals surface area contributed by atoms with Crippen molar-refractivity contribution in [1.82, 2.24) is 0 Å². The normalized spacial score (nSPS) is 11.1. The average Bonchev–Trinajstić information content (AvgIpc) is 1.64. The Hall–Kier alpha value is -0.313. The summed E-state index contributed by atoms with van der Waals surface area (Å²) in [6.07, 6.45) is 0.274. The van der Waals surface area contributed by atoms with E-state index in [0.29, 0.717) is 0 Å². The summed E-state index contributed by atoms with van der Waals surface area (Å²) < 4.78 is 4.68. The Morgan fingerprint density at radius 3 is 2.11 bits per heavy atom. The summed E-state index contributed by atoms with van der Waals surface area (Å²) in [7, 11) is 3.04. The predicted molar refractivity (Wildman–Crippen MR) is 36.2 cm³/mol. The summed E-state index contributed by atoms with van der Waals surface area (Å²) in [5.74, 6) is -0.183. The van der Waals surface area contributed by atoms with E-state index in [9.17, 15) is 4.79 Å². The van der Waals surface area contributed by atoms with Crippen LogP contribution in [0.2, 0.25) is 0 Å². The van der Waals surface area contributed by atoms with Crippen LogP contribution in [0.25, 0.3) is 0 Å². The maximum absolute atomic E-state index is 10.8. The molecule has 0 amide bonds. The van der Waals surface area contributed by atoms with Crippen molar-refractivity contribution in [2.45, 2.75) is 20.8 Å². The zero-order chi connectivity index (χ0) is 7.49. The molecular weight excluding hydrogens is 132 g/mol. The molecule has 0 aliphatic carbocycles. The molecule has 0 fully saturated rings. The Morgan fingerprint density at radius 1 is 1.56 bits per heavy atom. The van der Waals surface area contributed by atoms with Crippen LogP contribution in [-0.4, -0.2) is 22.4 Å². The van der Waals surface area contributed by atoms with Gasteiger partial charge in [-0.2, -0.15) is 0 Å². The first-order chi connectivity index (χ1) is 3.98. The molecule has 0 aromatic heterocycles. The minimum absolute atomic E-state index is 0.183. The summed E-state index contributed by atoms with van der Waals surface area (Å²) in [6, 6.07) is 0. The quantitative estimate of drug-likeness (QED) is 0.399. The van der Waals surface area contributed by atoms with Gasteiger partial charge in [-0.3, -0.25) is 4.79 Å². The van der Waals surface area contributed by atoms with Crippen LogP contribution in [0, 0.1) is 5.41 Å². The van der Waals surface area contributed by atoms with Gasteiger partial charge in [0.2, 0.25) is 0 Å². The molecule has 51 valence electrons. The molecule has 3 radical (unpaired) electrons. The monoisotopic (exact) mass is 143 g/mol. The molecule has 0 saturated heterocycles. The topological polar surface area (TPSA) is 26.3 Å². The third-order valence-electron chi connectivity index (χ3n) is 0.816. The first-order valence-corrected chi connectivity index (χ1v) is 3.51. The number of esters is 1. The standard InChI is InChI=1S/C6H11O2Si/c1-6(2,3)5(7)8-4-9/h4H2,1-3H3. The zero-order valence-corrected chi connectivity index (χ0v) is 7.02. The Labute approximate surface area is 59.0 Å². The number of hydrogen-bond donors (Lipinski definition) is 0. The molecule has 0 aliphatic rings. The highest BCUT2D eigenvalue weighted by molar-refractivity contribution is 6.08. The van der Waals surface area contributed by atoms with E-state index in [2.05, 4.69) is 15.0 Å². The maximum Gasteiger partial charge on any atom is 0.310 e. The first kappa shape index (κ1) is 8.69. The first-order valence-electron chi connectivity index (χ1n) is 2.80. The van der Waals surface area contributed by atoms with Gasteiger partial charge in [0.1, 0.15) is 0 Å².